The van der Waals surface area contributed by atoms with Gasteiger partial charge < -0.3 is 15.4 Å². The van der Waals surface area contributed by atoms with Gasteiger partial charge in [-0.1, -0.05) is 30.3 Å². The van der Waals surface area contributed by atoms with Crippen molar-refractivity contribution in [3.63, 3.8) is 0 Å². The Kier molecular flexibility index (Phi) is 6.14. The molecule has 8 heteroatoms. The van der Waals surface area contributed by atoms with Crippen LogP contribution in [0.25, 0.3) is 0 Å². The third-order valence-corrected chi connectivity index (χ3v) is 4.87. The Morgan fingerprint density at radius 1 is 1.13 bits per heavy atom. The molecule has 0 saturated heterocycles. The van der Waals surface area contributed by atoms with Crippen molar-refractivity contribution in [2.24, 2.45) is 0 Å². The van der Waals surface area contributed by atoms with E-state index in [2.05, 4.69) is 32.8 Å². The van der Waals surface area contributed by atoms with Gasteiger partial charge in [-0.2, -0.15) is 5.10 Å². The summed E-state index contributed by atoms with van der Waals surface area (Å²) in [6.07, 6.45) is 5.59. The molecular formula is C22H23N5O3. The van der Waals surface area contributed by atoms with Crippen molar-refractivity contribution in [1.82, 2.24) is 25.4 Å². The Hall–Kier alpha value is -3.52. The van der Waals surface area contributed by atoms with E-state index in [4.69, 9.17) is 4.74 Å². The number of fused-ring (bicyclic) bond motifs is 1. The first-order chi connectivity index (χ1) is 14.7. The summed E-state index contributed by atoms with van der Waals surface area (Å²) in [6.45, 7) is 1.46. The Morgan fingerprint density at radius 2 is 2.00 bits per heavy atom. The summed E-state index contributed by atoms with van der Waals surface area (Å²) < 4.78 is 7.74. The fourth-order valence-corrected chi connectivity index (χ4v) is 3.37. The molecule has 8 nitrogen and oxygen atoms in total. The standard InChI is InChI=1S/C22H23N5O3/c28-20(13-25-22(29)17-7-4-9-23-11-17)24-12-19-21-18(8-10-30-19)15-27(26-21)14-16-5-2-1-3-6-16/h1-7,9,11,15,19H,8,10,12-14H2,(H,24,28)(H,25,29)/t19-/m1/s1. The first kappa shape index (κ1) is 19.8. The highest BCUT2D eigenvalue weighted by Crippen LogP contribution is 2.25. The number of ether oxygens (including phenoxy) is 1. The second kappa shape index (κ2) is 9.32. The van der Waals surface area contributed by atoms with E-state index in [1.807, 2.05) is 29.1 Å². The fourth-order valence-electron chi connectivity index (χ4n) is 3.37. The van der Waals surface area contributed by atoms with Crippen LogP contribution >= 0.6 is 0 Å². The molecule has 3 heterocycles. The summed E-state index contributed by atoms with van der Waals surface area (Å²) in [5.41, 5.74) is 3.58. The number of aromatic nitrogens is 3. The van der Waals surface area contributed by atoms with E-state index in [0.717, 1.165) is 17.7 Å². The van der Waals surface area contributed by atoms with Crippen LogP contribution in [0, 0.1) is 0 Å². The van der Waals surface area contributed by atoms with Crippen LogP contribution in [-0.2, 0) is 22.5 Å². The molecule has 0 fully saturated rings. The topological polar surface area (TPSA) is 98.1 Å². The van der Waals surface area contributed by atoms with Crippen molar-refractivity contribution in [2.45, 2.75) is 19.1 Å². The van der Waals surface area contributed by atoms with E-state index in [9.17, 15) is 9.59 Å². The lowest BCUT2D eigenvalue weighted by Gasteiger charge is -2.22. The minimum absolute atomic E-state index is 0.115. The molecule has 154 valence electrons. The largest absolute Gasteiger partial charge is 0.370 e. The summed E-state index contributed by atoms with van der Waals surface area (Å²) in [7, 11) is 0. The van der Waals surface area contributed by atoms with Gasteiger partial charge in [0.1, 0.15) is 6.10 Å². The van der Waals surface area contributed by atoms with Crippen LogP contribution in [0.4, 0.5) is 0 Å². The van der Waals surface area contributed by atoms with E-state index in [-0.39, 0.29) is 24.5 Å². The number of carbonyl (C=O) groups excluding carboxylic acids is 2. The molecule has 0 spiro atoms. The van der Waals surface area contributed by atoms with Crippen LogP contribution in [0.1, 0.15) is 33.3 Å². The van der Waals surface area contributed by atoms with Crippen molar-refractivity contribution in [1.29, 1.82) is 0 Å². The van der Waals surface area contributed by atoms with Gasteiger partial charge >= 0.3 is 0 Å². The first-order valence-electron chi connectivity index (χ1n) is 9.86. The van der Waals surface area contributed by atoms with Gasteiger partial charge in [0.2, 0.25) is 5.91 Å². The number of carbonyl (C=O) groups is 2. The molecule has 2 aromatic heterocycles. The molecule has 1 aliphatic heterocycles. The van der Waals surface area contributed by atoms with Gasteiger partial charge in [-0.05, 0) is 29.7 Å². The Morgan fingerprint density at radius 3 is 2.80 bits per heavy atom. The SMILES string of the molecule is O=C(CNC(=O)c1cccnc1)NC[C@H]1OCCc2cn(Cc3ccccc3)nc21. The van der Waals surface area contributed by atoms with Crippen molar-refractivity contribution in [3.8, 4) is 0 Å². The molecule has 0 aliphatic carbocycles. The van der Waals surface area contributed by atoms with Crippen molar-refractivity contribution >= 4 is 11.8 Å². The summed E-state index contributed by atoms with van der Waals surface area (Å²) in [5.74, 6) is -0.624. The van der Waals surface area contributed by atoms with E-state index in [1.165, 1.54) is 11.8 Å². The molecule has 2 N–H and O–H groups in total. The van der Waals surface area contributed by atoms with E-state index >= 15 is 0 Å². The average molecular weight is 405 g/mol. The smallest absolute Gasteiger partial charge is 0.253 e. The molecule has 1 aliphatic rings. The maximum absolute atomic E-state index is 12.2. The monoisotopic (exact) mass is 405 g/mol. The number of hydrogen-bond donors (Lipinski definition) is 2. The molecule has 3 aromatic rings. The van der Waals surface area contributed by atoms with Gasteiger partial charge in [0.15, 0.2) is 0 Å². The number of nitrogens with one attached hydrogen (secondary N) is 2. The van der Waals surface area contributed by atoms with Gasteiger partial charge in [0.25, 0.3) is 5.91 Å². The minimum atomic E-state index is -0.339. The highest BCUT2D eigenvalue weighted by molar-refractivity contribution is 5.96. The Bertz CT molecular complexity index is 1000. The maximum Gasteiger partial charge on any atom is 0.253 e. The fraction of sp³-hybridized carbons (Fsp3) is 0.273. The third-order valence-electron chi connectivity index (χ3n) is 4.87. The minimum Gasteiger partial charge on any atom is -0.370 e. The van der Waals surface area contributed by atoms with Crippen LogP contribution < -0.4 is 10.6 Å². The van der Waals surface area contributed by atoms with Crippen LogP contribution in [0.5, 0.6) is 0 Å². The molecule has 30 heavy (non-hydrogen) atoms. The molecule has 0 saturated carbocycles. The van der Waals surface area contributed by atoms with Crippen LogP contribution in [0.15, 0.2) is 61.1 Å². The summed E-state index contributed by atoms with van der Waals surface area (Å²) in [4.78, 5) is 28.1. The number of benzene rings is 1. The van der Waals surface area contributed by atoms with Crippen molar-refractivity contribution in [2.75, 3.05) is 19.7 Å². The van der Waals surface area contributed by atoms with Crippen LogP contribution in [0.3, 0.4) is 0 Å². The van der Waals surface area contributed by atoms with Gasteiger partial charge in [-0.25, -0.2) is 0 Å². The molecule has 0 bridgehead atoms. The number of nitrogens with zero attached hydrogens (tertiary/aromatic N) is 3. The Balaban J connectivity index is 1.30. The van der Waals surface area contributed by atoms with Crippen LogP contribution in [-0.4, -0.2) is 46.3 Å². The average Bonchev–Trinajstić information content (AvgIpc) is 3.20. The molecule has 1 atom stereocenters. The molecule has 1 aromatic carbocycles. The normalized spacial score (nSPS) is 15.3. The lowest BCUT2D eigenvalue weighted by Crippen LogP contribution is -2.39. The van der Waals surface area contributed by atoms with Gasteiger partial charge in [-0.3, -0.25) is 19.3 Å². The predicted octanol–water partition coefficient (Wildman–Crippen LogP) is 1.49. The quantitative estimate of drug-likeness (QED) is 0.621. The summed E-state index contributed by atoms with van der Waals surface area (Å²) >= 11 is 0. The van der Waals surface area contributed by atoms with Gasteiger partial charge in [-0.15, -0.1) is 0 Å². The number of amides is 2. The maximum atomic E-state index is 12.2. The summed E-state index contributed by atoms with van der Waals surface area (Å²) in [6, 6.07) is 13.4. The van der Waals surface area contributed by atoms with E-state index in [0.29, 0.717) is 25.3 Å². The highest BCUT2D eigenvalue weighted by atomic mass is 16.5. The molecule has 0 radical (unpaired) electrons. The zero-order valence-corrected chi connectivity index (χ0v) is 16.5. The lowest BCUT2D eigenvalue weighted by molar-refractivity contribution is -0.120. The predicted molar refractivity (Wildman–Crippen MR) is 110 cm³/mol. The lowest BCUT2D eigenvalue weighted by atomic mass is 10.1. The van der Waals surface area contributed by atoms with Crippen molar-refractivity contribution in [3.05, 3.63) is 83.4 Å². The van der Waals surface area contributed by atoms with Gasteiger partial charge in [0, 0.05) is 25.1 Å². The second-order valence-electron chi connectivity index (χ2n) is 7.06. The van der Waals surface area contributed by atoms with Crippen LogP contribution in [0.2, 0.25) is 0 Å². The second-order valence-corrected chi connectivity index (χ2v) is 7.06. The number of hydrogen-bond acceptors (Lipinski definition) is 5. The molecule has 2 amide bonds. The molecular weight excluding hydrogens is 382 g/mol. The zero-order valence-electron chi connectivity index (χ0n) is 16.5. The molecule has 0 unspecified atom stereocenters. The molecule has 4 rings (SSSR count). The zero-order chi connectivity index (χ0) is 20.8. The van der Waals surface area contributed by atoms with E-state index < -0.39 is 0 Å². The Labute approximate surface area is 174 Å². The van der Waals surface area contributed by atoms with E-state index in [1.54, 1.807) is 18.3 Å². The third kappa shape index (κ3) is 4.90. The first-order valence-corrected chi connectivity index (χ1v) is 9.86. The van der Waals surface area contributed by atoms with Crippen molar-refractivity contribution < 1.29 is 14.3 Å². The summed E-state index contributed by atoms with van der Waals surface area (Å²) in [5, 5.41) is 10.1. The highest BCUT2D eigenvalue weighted by Gasteiger charge is 2.25. The number of rotatable bonds is 7. The number of pyridine rings is 1. The van der Waals surface area contributed by atoms with Gasteiger partial charge in [0.05, 0.1) is 31.0 Å².